The molecule has 0 aliphatic heterocycles. The molecule has 0 aromatic heterocycles. The lowest BCUT2D eigenvalue weighted by Crippen LogP contribution is -2.34. The van der Waals surface area contributed by atoms with Gasteiger partial charge in [0.1, 0.15) is 11.5 Å². The van der Waals surface area contributed by atoms with Gasteiger partial charge in [-0.25, -0.2) is 0 Å². The fourth-order valence-corrected chi connectivity index (χ4v) is 2.07. The van der Waals surface area contributed by atoms with Crippen molar-refractivity contribution in [3.05, 3.63) is 49.1 Å². The number of rotatable bonds is 10. The molecule has 1 aromatic carbocycles. The third kappa shape index (κ3) is 5.79. The molecule has 24 heavy (non-hydrogen) atoms. The van der Waals surface area contributed by atoms with Crippen LogP contribution in [0.4, 0.5) is 0 Å². The number of hydrogen-bond donors (Lipinski definition) is 1. The Morgan fingerprint density at radius 2 is 1.62 bits per heavy atom. The zero-order chi connectivity index (χ0) is 17.9. The second kappa shape index (κ2) is 10.1. The highest BCUT2D eigenvalue weighted by Crippen LogP contribution is 2.22. The Morgan fingerprint density at radius 1 is 1.08 bits per heavy atom. The van der Waals surface area contributed by atoms with Crippen LogP contribution < -0.4 is 14.8 Å². The molecule has 0 aliphatic carbocycles. The Kier molecular flexibility index (Phi) is 8.11. The van der Waals surface area contributed by atoms with E-state index in [9.17, 15) is 9.59 Å². The van der Waals surface area contributed by atoms with Crippen LogP contribution in [0.1, 0.15) is 16.8 Å². The Labute approximate surface area is 142 Å². The fraction of sp³-hybridized carbons (Fsp3) is 0.333. The molecule has 2 amide bonds. The first-order valence-corrected chi connectivity index (χ1v) is 7.56. The summed E-state index contributed by atoms with van der Waals surface area (Å²) in [5.41, 5.74) is 0.410. The Bertz CT molecular complexity index is 566. The number of nitrogens with one attached hydrogen (secondary N) is 1. The van der Waals surface area contributed by atoms with Gasteiger partial charge in [0, 0.05) is 37.7 Å². The van der Waals surface area contributed by atoms with Crippen molar-refractivity contribution in [2.75, 3.05) is 33.9 Å². The predicted octanol–water partition coefficient (Wildman–Crippen LogP) is 2.02. The Balaban J connectivity index is 2.61. The number of ether oxygens (including phenoxy) is 2. The average molecular weight is 332 g/mol. The second-order valence-electron chi connectivity index (χ2n) is 4.98. The topological polar surface area (TPSA) is 67.9 Å². The summed E-state index contributed by atoms with van der Waals surface area (Å²) in [7, 11) is 3.03. The first-order chi connectivity index (χ1) is 11.5. The van der Waals surface area contributed by atoms with Crippen LogP contribution in [0.3, 0.4) is 0 Å². The molecule has 0 fully saturated rings. The maximum atomic E-state index is 12.2. The summed E-state index contributed by atoms with van der Waals surface area (Å²) in [5.74, 6) is 0.690. The smallest absolute Gasteiger partial charge is 0.251 e. The van der Waals surface area contributed by atoms with Crippen molar-refractivity contribution in [2.45, 2.75) is 6.42 Å². The van der Waals surface area contributed by atoms with Crippen LogP contribution >= 0.6 is 0 Å². The lowest BCUT2D eigenvalue weighted by molar-refractivity contribution is -0.130. The zero-order valence-corrected chi connectivity index (χ0v) is 14.2. The summed E-state index contributed by atoms with van der Waals surface area (Å²) >= 11 is 0. The first-order valence-electron chi connectivity index (χ1n) is 7.56. The highest BCUT2D eigenvalue weighted by molar-refractivity contribution is 5.95. The average Bonchev–Trinajstić information content (AvgIpc) is 2.60. The predicted molar refractivity (Wildman–Crippen MR) is 93.5 cm³/mol. The number of hydrogen-bond acceptors (Lipinski definition) is 4. The van der Waals surface area contributed by atoms with E-state index in [1.165, 1.54) is 14.2 Å². The summed E-state index contributed by atoms with van der Waals surface area (Å²) < 4.78 is 10.3. The summed E-state index contributed by atoms with van der Waals surface area (Å²) in [6.45, 7) is 8.39. The molecular weight excluding hydrogens is 308 g/mol. The second-order valence-corrected chi connectivity index (χ2v) is 4.98. The Hall–Kier alpha value is -2.76. The van der Waals surface area contributed by atoms with Crippen molar-refractivity contribution < 1.29 is 19.1 Å². The highest BCUT2D eigenvalue weighted by Gasteiger charge is 2.13. The van der Waals surface area contributed by atoms with E-state index in [4.69, 9.17) is 9.47 Å². The molecule has 0 bridgehead atoms. The summed E-state index contributed by atoms with van der Waals surface area (Å²) in [6, 6.07) is 4.91. The SMILES string of the molecule is C=CCN(CC=C)C(=O)CCNC(=O)c1cc(OC)cc(OC)c1. The van der Waals surface area contributed by atoms with Crippen molar-refractivity contribution in [3.63, 3.8) is 0 Å². The van der Waals surface area contributed by atoms with Crippen molar-refractivity contribution in [1.29, 1.82) is 0 Å². The van der Waals surface area contributed by atoms with Crippen molar-refractivity contribution in [3.8, 4) is 11.5 Å². The van der Waals surface area contributed by atoms with Gasteiger partial charge >= 0.3 is 0 Å². The van der Waals surface area contributed by atoms with Crippen LogP contribution in [0.25, 0.3) is 0 Å². The van der Waals surface area contributed by atoms with E-state index in [0.717, 1.165) is 0 Å². The van der Waals surface area contributed by atoms with Crippen LogP contribution in [-0.2, 0) is 4.79 Å². The molecule has 0 radical (unpaired) electrons. The summed E-state index contributed by atoms with van der Waals surface area (Å²) in [4.78, 5) is 25.9. The molecule has 6 heteroatoms. The van der Waals surface area contributed by atoms with Crippen LogP contribution in [-0.4, -0.2) is 50.6 Å². The molecule has 0 heterocycles. The molecule has 0 atom stereocenters. The molecule has 0 saturated carbocycles. The van der Waals surface area contributed by atoms with Crippen molar-refractivity contribution >= 4 is 11.8 Å². The monoisotopic (exact) mass is 332 g/mol. The summed E-state index contributed by atoms with van der Waals surface area (Å²) in [6.07, 6.45) is 3.51. The number of methoxy groups -OCH3 is 2. The largest absolute Gasteiger partial charge is 0.497 e. The quantitative estimate of drug-likeness (QED) is 0.666. The minimum Gasteiger partial charge on any atom is -0.497 e. The van der Waals surface area contributed by atoms with E-state index in [2.05, 4.69) is 18.5 Å². The van der Waals surface area contributed by atoms with E-state index in [0.29, 0.717) is 30.2 Å². The maximum absolute atomic E-state index is 12.2. The van der Waals surface area contributed by atoms with E-state index >= 15 is 0 Å². The minimum absolute atomic E-state index is 0.0710. The van der Waals surface area contributed by atoms with Gasteiger partial charge in [0.15, 0.2) is 0 Å². The zero-order valence-electron chi connectivity index (χ0n) is 14.2. The Morgan fingerprint density at radius 3 is 2.08 bits per heavy atom. The van der Waals surface area contributed by atoms with Gasteiger partial charge in [0.05, 0.1) is 14.2 Å². The van der Waals surface area contributed by atoms with E-state index < -0.39 is 0 Å². The number of benzene rings is 1. The highest BCUT2D eigenvalue weighted by atomic mass is 16.5. The summed E-state index contributed by atoms with van der Waals surface area (Å²) in [5, 5.41) is 2.72. The number of carbonyl (C=O) groups is 2. The van der Waals surface area contributed by atoms with Crippen LogP contribution in [0, 0.1) is 0 Å². The minimum atomic E-state index is -0.293. The molecule has 0 spiro atoms. The van der Waals surface area contributed by atoms with Gasteiger partial charge in [-0.15, -0.1) is 13.2 Å². The van der Waals surface area contributed by atoms with Gasteiger partial charge in [-0.05, 0) is 12.1 Å². The van der Waals surface area contributed by atoms with E-state index in [-0.39, 0.29) is 24.8 Å². The maximum Gasteiger partial charge on any atom is 0.251 e. The van der Waals surface area contributed by atoms with Gasteiger partial charge < -0.3 is 19.7 Å². The van der Waals surface area contributed by atoms with E-state index in [1.54, 1.807) is 35.3 Å². The van der Waals surface area contributed by atoms with Crippen molar-refractivity contribution in [2.24, 2.45) is 0 Å². The van der Waals surface area contributed by atoms with Gasteiger partial charge in [0.25, 0.3) is 5.91 Å². The molecule has 1 N–H and O–H groups in total. The van der Waals surface area contributed by atoms with E-state index in [1.807, 2.05) is 0 Å². The first kappa shape index (κ1) is 19.3. The molecule has 6 nitrogen and oxygen atoms in total. The number of carbonyl (C=O) groups excluding carboxylic acids is 2. The van der Waals surface area contributed by atoms with Gasteiger partial charge in [-0.1, -0.05) is 12.2 Å². The van der Waals surface area contributed by atoms with Crippen LogP contribution in [0.5, 0.6) is 11.5 Å². The third-order valence-corrected chi connectivity index (χ3v) is 3.29. The van der Waals surface area contributed by atoms with Gasteiger partial charge in [-0.3, -0.25) is 9.59 Å². The molecule has 0 unspecified atom stereocenters. The fourth-order valence-electron chi connectivity index (χ4n) is 2.07. The standard InChI is InChI=1S/C18H24N2O4/c1-5-9-20(10-6-2)17(21)7-8-19-18(22)14-11-15(23-3)13-16(12-14)24-4/h5-6,11-13H,1-2,7-10H2,3-4H3,(H,19,22). The number of nitrogens with zero attached hydrogens (tertiary/aromatic N) is 1. The lowest BCUT2D eigenvalue weighted by Gasteiger charge is -2.19. The molecular formula is C18H24N2O4. The lowest BCUT2D eigenvalue weighted by atomic mass is 10.2. The van der Waals surface area contributed by atoms with Crippen LogP contribution in [0.15, 0.2) is 43.5 Å². The van der Waals surface area contributed by atoms with Crippen LogP contribution in [0.2, 0.25) is 0 Å². The van der Waals surface area contributed by atoms with Crippen molar-refractivity contribution in [1.82, 2.24) is 10.2 Å². The molecule has 1 rings (SSSR count). The molecule has 0 saturated heterocycles. The molecule has 1 aromatic rings. The number of amides is 2. The third-order valence-electron chi connectivity index (χ3n) is 3.29. The normalized spacial score (nSPS) is 9.75. The molecule has 130 valence electrons. The van der Waals surface area contributed by atoms with Gasteiger partial charge in [-0.2, -0.15) is 0 Å². The van der Waals surface area contributed by atoms with Gasteiger partial charge in [0.2, 0.25) is 5.91 Å². The molecule has 0 aliphatic rings.